The van der Waals surface area contributed by atoms with Crippen LogP contribution in [0.15, 0.2) is 34.2 Å². The number of nitrogens with zero attached hydrogens (tertiary/aromatic N) is 2. The molecule has 6 heteroatoms. The number of amides is 1. The van der Waals surface area contributed by atoms with Crippen LogP contribution < -0.4 is 10.9 Å². The van der Waals surface area contributed by atoms with Crippen molar-refractivity contribution in [2.24, 2.45) is 5.92 Å². The summed E-state index contributed by atoms with van der Waals surface area (Å²) in [5.74, 6) is 0.245. The quantitative estimate of drug-likeness (QED) is 0.654. The van der Waals surface area contributed by atoms with Gasteiger partial charge in [-0.3, -0.25) is 14.2 Å². The number of carbonyl (C=O) groups excluding carboxylic acids is 1. The predicted molar refractivity (Wildman–Crippen MR) is 104 cm³/mol. The van der Waals surface area contributed by atoms with Crippen molar-refractivity contribution in [1.82, 2.24) is 14.9 Å². The highest BCUT2D eigenvalue weighted by Gasteiger charge is 2.23. The van der Waals surface area contributed by atoms with E-state index in [9.17, 15) is 9.59 Å². The molecule has 0 aliphatic rings. The molecule has 1 heterocycles. The molecule has 0 unspecified atom stereocenters. The summed E-state index contributed by atoms with van der Waals surface area (Å²) in [5.41, 5.74) is 0.323. The molecule has 0 fully saturated rings. The monoisotopic (exact) mass is 361 g/mol. The number of benzene rings is 1. The van der Waals surface area contributed by atoms with E-state index in [2.05, 4.69) is 24.1 Å². The van der Waals surface area contributed by atoms with Gasteiger partial charge in [0.15, 0.2) is 5.16 Å². The maximum absolute atomic E-state index is 12.9. The van der Waals surface area contributed by atoms with Crippen LogP contribution in [0, 0.1) is 5.92 Å². The Bertz CT molecular complexity index is 822. The number of carbonyl (C=O) groups is 1. The Morgan fingerprint density at radius 1 is 1.24 bits per heavy atom. The topological polar surface area (TPSA) is 64.0 Å². The largest absolute Gasteiger partial charge is 0.351 e. The minimum Gasteiger partial charge on any atom is -0.351 e. The molecule has 2 rings (SSSR count). The van der Waals surface area contributed by atoms with E-state index in [-0.39, 0.29) is 22.3 Å². The normalized spacial score (nSPS) is 13.2. The fourth-order valence-electron chi connectivity index (χ4n) is 2.45. The molecule has 1 aromatic heterocycles. The Kier molecular flexibility index (Phi) is 5.93. The first-order chi connectivity index (χ1) is 11.6. The summed E-state index contributed by atoms with van der Waals surface area (Å²) in [6.07, 6.45) is 0. The van der Waals surface area contributed by atoms with Crippen molar-refractivity contribution < 1.29 is 4.79 Å². The third kappa shape index (κ3) is 5.08. The van der Waals surface area contributed by atoms with Gasteiger partial charge in [-0.05, 0) is 45.7 Å². The average Bonchev–Trinajstić information content (AvgIpc) is 2.49. The molecular formula is C19H27N3O2S. The summed E-state index contributed by atoms with van der Waals surface area (Å²) in [7, 11) is 0. The molecule has 0 aliphatic heterocycles. The van der Waals surface area contributed by atoms with Crippen LogP contribution in [-0.2, 0) is 11.3 Å². The van der Waals surface area contributed by atoms with Gasteiger partial charge in [-0.15, -0.1) is 0 Å². The van der Waals surface area contributed by atoms with Gasteiger partial charge in [-0.2, -0.15) is 0 Å². The van der Waals surface area contributed by atoms with E-state index in [1.807, 2.05) is 45.9 Å². The Morgan fingerprint density at radius 3 is 2.48 bits per heavy atom. The molecule has 1 aromatic carbocycles. The first-order valence-electron chi connectivity index (χ1n) is 8.57. The number of hydrogen-bond donors (Lipinski definition) is 1. The Morgan fingerprint density at radius 2 is 1.88 bits per heavy atom. The number of nitrogens with one attached hydrogen (secondary N) is 1. The van der Waals surface area contributed by atoms with Gasteiger partial charge in [0, 0.05) is 12.1 Å². The predicted octanol–water partition coefficient (Wildman–Crippen LogP) is 3.45. The number of para-hydroxylation sites is 1. The fourth-order valence-corrected chi connectivity index (χ4v) is 3.36. The third-order valence-corrected chi connectivity index (χ3v) is 4.61. The number of hydrogen-bond acceptors (Lipinski definition) is 4. The number of fused-ring (bicyclic) bond motifs is 1. The van der Waals surface area contributed by atoms with E-state index in [1.165, 1.54) is 11.8 Å². The van der Waals surface area contributed by atoms with Crippen LogP contribution in [-0.4, -0.2) is 26.2 Å². The molecule has 1 amide bonds. The zero-order chi connectivity index (χ0) is 18.8. The standard InChI is InChI=1S/C19H27N3O2S/c1-12(2)11-22-17(24)14-9-7-8-10-15(14)20-18(22)25-13(3)16(23)21-19(4,5)6/h7-10,12-13H,11H2,1-6H3,(H,21,23)/t13-/m1/s1. The fraction of sp³-hybridized carbons (Fsp3) is 0.526. The van der Waals surface area contributed by atoms with Crippen LogP contribution in [0.25, 0.3) is 10.9 Å². The van der Waals surface area contributed by atoms with Crippen LogP contribution in [0.1, 0.15) is 41.5 Å². The summed E-state index contributed by atoms with van der Waals surface area (Å²) >= 11 is 1.33. The molecule has 136 valence electrons. The molecule has 0 saturated heterocycles. The highest BCUT2D eigenvalue weighted by molar-refractivity contribution is 8.00. The van der Waals surface area contributed by atoms with Gasteiger partial charge in [0.1, 0.15) is 0 Å². The molecule has 2 aromatic rings. The van der Waals surface area contributed by atoms with E-state index in [4.69, 9.17) is 0 Å². The summed E-state index contributed by atoms with van der Waals surface area (Å²) in [6.45, 7) is 12.4. The number of thioether (sulfide) groups is 1. The maximum Gasteiger partial charge on any atom is 0.262 e. The summed E-state index contributed by atoms with van der Waals surface area (Å²) in [5, 5.41) is 3.84. The molecule has 0 bridgehead atoms. The van der Waals surface area contributed by atoms with Gasteiger partial charge in [-0.25, -0.2) is 4.98 Å². The molecule has 5 nitrogen and oxygen atoms in total. The SMILES string of the molecule is CC(C)Cn1c(S[C@H](C)C(=O)NC(C)(C)C)nc2ccccc2c1=O. The van der Waals surface area contributed by atoms with E-state index in [0.717, 1.165) is 0 Å². The van der Waals surface area contributed by atoms with E-state index < -0.39 is 0 Å². The second kappa shape index (κ2) is 7.60. The van der Waals surface area contributed by atoms with Crippen molar-refractivity contribution >= 4 is 28.6 Å². The van der Waals surface area contributed by atoms with Crippen molar-refractivity contribution in [3.8, 4) is 0 Å². The van der Waals surface area contributed by atoms with E-state index >= 15 is 0 Å². The van der Waals surface area contributed by atoms with Crippen molar-refractivity contribution in [2.45, 2.75) is 64.0 Å². The minimum atomic E-state index is -0.342. The highest BCUT2D eigenvalue weighted by Crippen LogP contribution is 2.23. The molecule has 0 saturated carbocycles. The average molecular weight is 362 g/mol. The Hall–Kier alpha value is -1.82. The Labute approximate surface area is 153 Å². The lowest BCUT2D eigenvalue weighted by molar-refractivity contribution is -0.121. The summed E-state index contributed by atoms with van der Waals surface area (Å²) < 4.78 is 1.69. The summed E-state index contributed by atoms with van der Waals surface area (Å²) in [6, 6.07) is 7.34. The zero-order valence-corrected chi connectivity index (χ0v) is 16.6. The molecular weight excluding hydrogens is 334 g/mol. The molecule has 0 aliphatic carbocycles. The van der Waals surface area contributed by atoms with Gasteiger partial charge >= 0.3 is 0 Å². The number of aromatic nitrogens is 2. The third-order valence-electron chi connectivity index (χ3n) is 3.52. The van der Waals surface area contributed by atoms with Crippen molar-refractivity contribution in [2.75, 3.05) is 0 Å². The minimum absolute atomic E-state index is 0.0507. The molecule has 25 heavy (non-hydrogen) atoms. The zero-order valence-electron chi connectivity index (χ0n) is 15.8. The lowest BCUT2D eigenvalue weighted by Gasteiger charge is -2.23. The van der Waals surface area contributed by atoms with Crippen LogP contribution in [0.3, 0.4) is 0 Å². The first-order valence-corrected chi connectivity index (χ1v) is 9.44. The maximum atomic E-state index is 12.9. The smallest absolute Gasteiger partial charge is 0.262 e. The van der Waals surface area contributed by atoms with Gasteiger partial charge < -0.3 is 5.32 Å². The molecule has 0 radical (unpaired) electrons. The first kappa shape index (κ1) is 19.5. The van der Waals surface area contributed by atoms with E-state index in [0.29, 0.717) is 28.5 Å². The lowest BCUT2D eigenvalue weighted by atomic mass is 10.1. The van der Waals surface area contributed by atoms with Crippen LogP contribution in [0.2, 0.25) is 0 Å². The molecule has 0 spiro atoms. The van der Waals surface area contributed by atoms with Crippen LogP contribution >= 0.6 is 11.8 Å². The van der Waals surface area contributed by atoms with Gasteiger partial charge in [0.2, 0.25) is 5.91 Å². The van der Waals surface area contributed by atoms with Crippen molar-refractivity contribution in [3.05, 3.63) is 34.6 Å². The number of rotatable bonds is 5. The highest BCUT2D eigenvalue weighted by atomic mass is 32.2. The summed E-state index contributed by atoms with van der Waals surface area (Å²) in [4.78, 5) is 29.9. The molecule has 1 atom stereocenters. The van der Waals surface area contributed by atoms with Gasteiger partial charge in [0.25, 0.3) is 5.56 Å². The van der Waals surface area contributed by atoms with Crippen molar-refractivity contribution in [1.29, 1.82) is 0 Å². The van der Waals surface area contributed by atoms with Crippen LogP contribution in [0.5, 0.6) is 0 Å². The Balaban J connectivity index is 2.41. The van der Waals surface area contributed by atoms with E-state index in [1.54, 1.807) is 10.6 Å². The molecule has 1 N–H and O–H groups in total. The van der Waals surface area contributed by atoms with Crippen LogP contribution in [0.4, 0.5) is 0 Å². The lowest BCUT2D eigenvalue weighted by Crippen LogP contribution is -2.44. The van der Waals surface area contributed by atoms with Gasteiger partial charge in [0.05, 0.1) is 16.2 Å². The van der Waals surface area contributed by atoms with Gasteiger partial charge in [-0.1, -0.05) is 37.7 Å². The second-order valence-electron chi connectivity index (χ2n) is 7.72. The van der Waals surface area contributed by atoms with Crippen molar-refractivity contribution in [3.63, 3.8) is 0 Å². The second-order valence-corrected chi connectivity index (χ2v) is 9.03.